The van der Waals surface area contributed by atoms with Gasteiger partial charge in [0.25, 0.3) is 11.8 Å². The molecule has 1 fully saturated rings. The number of carbonyl (C=O) groups excluding carboxylic acids is 3. The van der Waals surface area contributed by atoms with Gasteiger partial charge in [0, 0.05) is 19.5 Å². The van der Waals surface area contributed by atoms with Gasteiger partial charge in [-0.15, -0.1) is 0 Å². The van der Waals surface area contributed by atoms with E-state index in [0.717, 1.165) is 24.8 Å². The van der Waals surface area contributed by atoms with Crippen molar-refractivity contribution < 1.29 is 32.0 Å². The number of carbonyl (C=O) groups is 3. The normalized spacial score (nSPS) is 14.8. The van der Waals surface area contributed by atoms with Crippen LogP contribution < -0.4 is 10.6 Å². The number of esters is 1. The van der Waals surface area contributed by atoms with Crippen LogP contribution in [0.25, 0.3) is 0 Å². The van der Waals surface area contributed by atoms with E-state index in [2.05, 4.69) is 10.6 Å². The Hall–Kier alpha value is -3.67. The van der Waals surface area contributed by atoms with Crippen LogP contribution in [-0.4, -0.2) is 56.2 Å². The van der Waals surface area contributed by atoms with Crippen LogP contribution >= 0.6 is 11.6 Å². The minimum absolute atomic E-state index is 0.00431. The zero-order valence-electron chi connectivity index (χ0n) is 21.0. The van der Waals surface area contributed by atoms with E-state index in [4.69, 9.17) is 20.8 Å². The van der Waals surface area contributed by atoms with Gasteiger partial charge < -0.3 is 19.8 Å². The highest BCUT2D eigenvalue weighted by molar-refractivity contribution is 7.89. The molecular formula is C27H28ClN3O7S. The second-order valence-electron chi connectivity index (χ2n) is 8.96. The van der Waals surface area contributed by atoms with Crippen molar-refractivity contribution in [2.45, 2.75) is 36.6 Å². The van der Waals surface area contributed by atoms with E-state index in [9.17, 15) is 22.8 Å². The van der Waals surface area contributed by atoms with Crippen LogP contribution in [0.1, 0.15) is 35.4 Å². The number of sulfonamides is 1. The van der Waals surface area contributed by atoms with Gasteiger partial charge in [-0.25, -0.2) is 13.2 Å². The average molecular weight is 574 g/mol. The summed E-state index contributed by atoms with van der Waals surface area (Å²) < 4.78 is 37.7. The largest absolute Gasteiger partial charge is 0.459 e. The van der Waals surface area contributed by atoms with Gasteiger partial charge in [0.15, 0.2) is 12.4 Å². The van der Waals surface area contributed by atoms with Crippen LogP contribution in [0.15, 0.2) is 76.2 Å². The van der Waals surface area contributed by atoms with Crippen LogP contribution in [-0.2, 0) is 30.8 Å². The minimum atomic E-state index is -3.74. The van der Waals surface area contributed by atoms with Crippen molar-refractivity contribution in [1.82, 2.24) is 9.62 Å². The van der Waals surface area contributed by atoms with E-state index in [1.807, 2.05) is 6.07 Å². The molecule has 0 radical (unpaired) electrons. The Bertz CT molecular complexity index is 1410. The van der Waals surface area contributed by atoms with E-state index in [1.54, 1.807) is 30.3 Å². The Morgan fingerprint density at radius 1 is 1.00 bits per heavy atom. The van der Waals surface area contributed by atoms with Crippen molar-refractivity contribution in [1.29, 1.82) is 0 Å². The number of benzene rings is 2. The van der Waals surface area contributed by atoms with E-state index in [0.29, 0.717) is 13.1 Å². The first kappa shape index (κ1) is 28.3. The number of hydrogen-bond donors (Lipinski definition) is 2. The zero-order valence-corrected chi connectivity index (χ0v) is 22.5. The lowest BCUT2D eigenvalue weighted by atomic mass is 10.1. The molecule has 39 heavy (non-hydrogen) atoms. The molecule has 4 rings (SSSR count). The molecular weight excluding hydrogens is 546 g/mol. The summed E-state index contributed by atoms with van der Waals surface area (Å²) >= 11 is 6.20. The second kappa shape index (κ2) is 12.9. The molecule has 1 atom stereocenters. The molecule has 12 heteroatoms. The third-order valence-corrected chi connectivity index (χ3v) is 8.35. The summed E-state index contributed by atoms with van der Waals surface area (Å²) in [5.41, 5.74) is 0.838. The summed E-state index contributed by atoms with van der Waals surface area (Å²) in [4.78, 5) is 38.0. The highest BCUT2D eigenvalue weighted by atomic mass is 35.5. The first-order valence-electron chi connectivity index (χ1n) is 12.4. The monoisotopic (exact) mass is 573 g/mol. The molecule has 2 amide bonds. The van der Waals surface area contributed by atoms with Gasteiger partial charge in [-0.05, 0) is 48.7 Å². The highest BCUT2D eigenvalue weighted by Gasteiger charge is 2.28. The lowest BCUT2D eigenvalue weighted by Crippen LogP contribution is -2.44. The van der Waals surface area contributed by atoms with Crippen molar-refractivity contribution in [3.05, 3.63) is 83.3 Å². The Balaban J connectivity index is 1.40. The third-order valence-electron chi connectivity index (χ3n) is 6.13. The molecule has 0 saturated carbocycles. The van der Waals surface area contributed by atoms with E-state index in [1.165, 1.54) is 34.8 Å². The van der Waals surface area contributed by atoms with Crippen LogP contribution in [0.3, 0.4) is 0 Å². The lowest BCUT2D eigenvalue weighted by Gasteiger charge is -2.26. The fourth-order valence-corrected chi connectivity index (χ4v) is 5.83. The van der Waals surface area contributed by atoms with Gasteiger partial charge in [-0.3, -0.25) is 9.59 Å². The zero-order chi connectivity index (χ0) is 27.8. The Kier molecular flexibility index (Phi) is 9.39. The highest BCUT2D eigenvalue weighted by Crippen LogP contribution is 2.28. The van der Waals surface area contributed by atoms with Gasteiger partial charge in [0.05, 0.1) is 21.9 Å². The van der Waals surface area contributed by atoms with Crippen molar-refractivity contribution in [3.63, 3.8) is 0 Å². The summed E-state index contributed by atoms with van der Waals surface area (Å²) in [6, 6.07) is 15.0. The molecule has 2 heterocycles. The minimum Gasteiger partial charge on any atom is -0.459 e. The molecule has 2 aromatic carbocycles. The molecule has 1 aliphatic rings. The van der Waals surface area contributed by atoms with Crippen LogP contribution in [0, 0.1) is 0 Å². The molecule has 0 spiro atoms. The molecule has 1 aliphatic heterocycles. The van der Waals surface area contributed by atoms with Gasteiger partial charge in [-0.2, -0.15) is 4.31 Å². The van der Waals surface area contributed by atoms with Crippen LogP contribution in [0.4, 0.5) is 5.69 Å². The number of nitrogens with one attached hydrogen (secondary N) is 2. The molecule has 2 N–H and O–H groups in total. The van der Waals surface area contributed by atoms with Crippen molar-refractivity contribution in [3.8, 4) is 0 Å². The average Bonchev–Trinajstić information content (AvgIpc) is 3.49. The standard InChI is InChI=1S/C27H28ClN3O7S/c28-21-12-11-20(39(35,36)31-13-5-2-6-14-31)17-22(21)29-25(32)18-38-27(34)23(16-19-8-3-1-4-9-19)30-26(33)24-10-7-15-37-24/h1,3-4,7-12,15,17,23H,2,5-6,13-14,16,18H2,(H,29,32)(H,30,33)/t23-/m0/s1. The molecule has 1 aromatic heterocycles. The summed E-state index contributed by atoms with van der Waals surface area (Å²) in [6.07, 6.45) is 4.01. The Morgan fingerprint density at radius 2 is 1.74 bits per heavy atom. The number of furan rings is 1. The summed E-state index contributed by atoms with van der Waals surface area (Å²) in [5.74, 6) is -2.15. The molecule has 0 aliphatic carbocycles. The third kappa shape index (κ3) is 7.47. The Labute approximate surface area is 231 Å². The summed E-state index contributed by atoms with van der Waals surface area (Å²) in [5, 5.41) is 5.20. The topological polar surface area (TPSA) is 135 Å². The molecule has 1 saturated heterocycles. The number of rotatable bonds is 10. The maximum atomic E-state index is 13.0. The van der Waals surface area contributed by atoms with E-state index < -0.39 is 40.5 Å². The predicted molar refractivity (Wildman–Crippen MR) is 144 cm³/mol. The maximum Gasteiger partial charge on any atom is 0.329 e. The lowest BCUT2D eigenvalue weighted by molar-refractivity contribution is -0.149. The first-order chi connectivity index (χ1) is 18.7. The predicted octanol–water partition coefficient (Wildman–Crippen LogP) is 3.63. The fraction of sp³-hybridized carbons (Fsp3) is 0.296. The number of hydrogen-bond acceptors (Lipinski definition) is 7. The summed E-state index contributed by atoms with van der Waals surface area (Å²) in [7, 11) is -3.74. The number of ether oxygens (including phenoxy) is 1. The smallest absolute Gasteiger partial charge is 0.329 e. The van der Waals surface area contributed by atoms with Crippen LogP contribution in [0.2, 0.25) is 5.02 Å². The van der Waals surface area contributed by atoms with Crippen molar-refractivity contribution in [2.75, 3.05) is 25.0 Å². The number of halogens is 1. The maximum absolute atomic E-state index is 13.0. The molecule has 0 unspecified atom stereocenters. The summed E-state index contributed by atoms with van der Waals surface area (Å²) in [6.45, 7) is 0.187. The van der Waals surface area contributed by atoms with Gasteiger partial charge in [0.2, 0.25) is 10.0 Å². The fourth-order valence-electron chi connectivity index (χ4n) is 4.12. The quantitative estimate of drug-likeness (QED) is 0.354. The molecule has 3 aromatic rings. The van der Waals surface area contributed by atoms with Crippen molar-refractivity contribution >= 4 is 45.1 Å². The van der Waals surface area contributed by atoms with Crippen LogP contribution in [0.5, 0.6) is 0 Å². The van der Waals surface area contributed by atoms with E-state index >= 15 is 0 Å². The molecule has 10 nitrogen and oxygen atoms in total. The SMILES string of the molecule is O=C(COC(=O)[C@H](Cc1ccccc1)NC(=O)c1ccco1)Nc1cc(S(=O)(=O)N2CCCCC2)ccc1Cl. The van der Waals surface area contributed by atoms with Gasteiger partial charge in [0.1, 0.15) is 6.04 Å². The van der Waals surface area contributed by atoms with E-state index in [-0.39, 0.29) is 27.8 Å². The number of amides is 2. The van der Waals surface area contributed by atoms with Gasteiger partial charge >= 0.3 is 5.97 Å². The second-order valence-corrected chi connectivity index (χ2v) is 11.3. The Morgan fingerprint density at radius 3 is 2.44 bits per heavy atom. The molecule has 206 valence electrons. The van der Waals surface area contributed by atoms with Crippen molar-refractivity contribution in [2.24, 2.45) is 0 Å². The number of piperidine rings is 1. The molecule has 0 bridgehead atoms. The number of anilines is 1. The number of nitrogens with zero attached hydrogens (tertiary/aromatic N) is 1. The first-order valence-corrected chi connectivity index (χ1v) is 14.2. The van der Waals surface area contributed by atoms with Gasteiger partial charge in [-0.1, -0.05) is 48.4 Å².